The number of esters is 1. The molecule has 13 atom stereocenters. The van der Waals surface area contributed by atoms with Gasteiger partial charge >= 0.3 is 57.6 Å². The molecule has 5 aliphatic heterocycles. The topological polar surface area (TPSA) is 373 Å². The molecular weight excluding hydrogens is 1760 g/mol. The van der Waals surface area contributed by atoms with Crippen LogP contribution >= 0.6 is 82.1 Å². The number of pyridine rings is 2. The molecule has 12 rings (SSSR count). The molecule has 3 aromatic carbocycles. The van der Waals surface area contributed by atoms with Crippen molar-refractivity contribution < 1.29 is 129 Å². The number of amides is 2. The van der Waals surface area contributed by atoms with E-state index in [1.807, 2.05) is 106 Å². The van der Waals surface area contributed by atoms with Crippen molar-refractivity contribution in [2.45, 2.75) is 166 Å². The average Bonchev–Trinajstić information content (AvgIpc) is 0.923. The van der Waals surface area contributed by atoms with Gasteiger partial charge in [-0.1, -0.05) is 116 Å². The fourth-order valence-electron chi connectivity index (χ4n) is 9.80. The number of nitrogens with two attached hydrogens (primary N) is 1. The maximum Gasteiger partial charge on any atom is 1.00 e. The van der Waals surface area contributed by atoms with E-state index in [1.54, 1.807) is 64.0 Å². The minimum Gasteiger partial charge on any atom is -1.00 e. The quantitative estimate of drug-likeness (QED) is 0.0203. The van der Waals surface area contributed by atoms with Crippen molar-refractivity contribution in [1.82, 2.24) is 51.2 Å². The zero-order chi connectivity index (χ0) is 82.4. The molecule has 0 aliphatic carbocycles. The van der Waals surface area contributed by atoms with Crippen LogP contribution in [-0.4, -0.2) is 272 Å². The van der Waals surface area contributed by atoms with Crippen molar-refractivity contribution in [1.29, 1.82) is 0 Å². The number of fused-ring (bicyclic) bond motifs is 2. The summed E-state index contributed by atoms with van der Waals surface area (Å²) >= 11 is 25.8. The molecule has 5 saturated heterocycles. The van der Waals surface area contributed by atoms with Gasteiger partial charge in [0.25, 0.3) is 0 Å². The number of hydrogen-bond donors (Lipinski definition) is 9. The Kier molecular flexibility index (Phi) is 66.4. The van der Waals surface area contributed by atoms with Gasteiger partial charge in [-0.25, -0.2) is 29.9 Å². The standard InChI is InChI=1S/C13H16N4O2.C13H17NO3.C13H19NO2.C10H15NO2.C7H4ClN3.C7H14ClNO2.C6H13NO2.C4H7ClO2.C4H8O.Al.BBr3.Li.Na.5H/c1-9-6-17(7-10(8-18)19-9)11-2-3-15-13-12(11)14-4-5-16-13;1-10-13(15)14-7-12(17-10)9-16-8-11-5-3-2-4-6-11;1-11-7-14-8-13(16-11)10-15-9-12-5-3-2-4-6-12;11-6-10(12)8-13-7-9-4-2-1-3-5-9;8-5-1-2-10-7-6(5)9-3-4-11-7;1-3-6(10)4-9-7(11)5(2)8;1-5-2-7-3-6(4-8)9-5;1-3(5)4(6)7-2;1-2-4-3-5-4;;2-1(3)4;;;;;;;/h2-5,9-10,18H,6-8H2,1H3;2-6,10,12H,7-9H2,1H3,(H,14,15);2-6,11,13-14H,7-10H2,1H3;1-5,10,12H,6-8,11H2;1-4H;5-6,10H,3-4H2,1-2H3,(H,9,11);5-8H,2-4H2,1H3;3H,1-2H3;4H,2-3H2,1H3;;;;;;;;;/q;;;;;;;;;;;2*+1;;;;2*-1/t9-,10-;10-,12-;11-,13-;10-;;2*5-,6-;3-;4-;;;;;;;;;/m1111.0100........./s1. The normalized spacial score (nSPS) is 20.4. The third-order valence-electron chi connectivity index (χ3n) is 15.7. The van der Waals surface area contributed by atoms with Gasteiger partial charge in [-0.05, 0) is 83.2 Å². The molecule has 7 aromatic rings. The second-order valence-corrected chi connectivity index (χ2v) is 33.7. The number of methoxy groups -OCH3 is 1. The molecular formula is C77H118AlBBr3Cl3LiN12NaO16. The van der Waals surface area contributed by atoms with Crippen molar-refractivity contribution >= 4 is 148 Å². The summed E-state index contributed by atoms with van der Waals surface area (Å²) in [5.74, 6) is -0.676. The van der Waals surface area contributed by atoms with Gasteiger partial charge in [0.15, 0.2) is 28.7 Å². The smallest absolute Gasteiger partial charge is 1.00 e. The fraction of sp³-hybridized carbons (Fsp3) is 0.545. The van der Waals surface area contributed by atoms with Crippen LogP contribution in [0.1, 0.15) is 87.8 Å². The molecule has 4 aromatic heterocycles. The number of nitrogens with zero attached hydrogens (tertiary/aromatic N) is 7. The number of hydrogen-bond acceptors (Lipinski definition) is 26. The molecule has 0 radical (unpaired) electrons. The summed E-state index contributed by atoms with van der Waals surface area (Å²) in [6.07, 6.45) is 11.5. The minimum absolute atomic E-state index is 0. The van der Waals surface area contributed by atoms with E-state index in [4.69, 9.17) is 93.8 Å². The van der Waals surface area contributed by atoms with Gasteiger partial charge in [-0.2, -0.15) is 0 Å². The SMILES string of the molecule is BrB(Br)Br.CC[C@H](O)CNC(=O)[C@H](C)Cl.CC[C@H]1CO1.COC(=O)[C@H](C)Cl.C[C@@H]1CN(c2ccnc3nccnc23)C[C@H](CO)O1.C[C@@H]1CNC[C@H](CO)O1.C[C@@H]1CNC[C@H](COCc2ccccc2)O1.C[C@H]1O[C@@H](COCc2ccccc2)CNC1=O.Clc1ccnc2nccnc12.NC[C@@H](O)COCc1ccccc1.[AlH3].[H-].[H-].[Li+].[Na+]. The van der Waals surface area contributed by atoms with Crippen molar-refractivity contribution in [3.63, 3.8) is 0 Å². The summed E-state index contributed by atoms with van der Waals surface area (Å²) < 4.78 is 48.0. The van der Waals surface area contributed by atoms with E-state index >= 15 is 0 Å². The molecule has 632 valence electrons. The number of anilines is 1. The Morgan fingerprint density at radius 3 is 1.50 bits per heavy atom. The first-order chi connectivity index (χ1) is 53.8. The third-order valence-corrected chi connectivity index (χ3v) is 16.4. The number of aliphatic hydroxyl groups is 4. The van der Waals surface area contributed by atoms with Crippen LogP contribution in [0, 0.1) is 0 Å². The molecule has 0 unspecified atom stereocenters. The summed E-state index contributed by atoms with van der Waals surface area (Å²) in [6, 6.07) is 33.7. The van der Waals surface area contributed by atoms with E-state index in [0.29, 0.717) is 93.2 Å². The summed E-state index contributed by atoms with van der Waals surface area (Å²) in [4.78, 5) is 59.1. The maximum atomic E-state index is 11.2. The molecule has 28 nitrogen and oxygen atoms in total. The first-order valence-corrected chi connectivity index (χ1v) is 41.0. The molecule has 9 heterocycles. The van der Waals surface area contributed by atoms with Crippen LogP contribution < -0.4 is 80.3 Å². The number of rotatable bonds is 22. The van der Waals surface area contributed by atoms with E-state index in [-0.39, 0.29) is 159 Å². The number of carbonyl (C=O) groups excluding carboxylic acids is 3. The Balaban J connectivity index is -0.00000126. The predicted molar refractivity (Wildman–Crippen MR) is 462 cm³/mol. The van der Waals surface area contributed by atoms with Gasteiger partial charge in [0.1, 0.15) is 27.9 Å². The van der Waals surface area contributed by atoms with Gasteiger partial charge in [0.05, 0.1) is 138 Å². The zero-order valence-corrected chi connectivity index (χ0v) is 76.2. The number of benzene rings is 3. The Morgan fingerprint density at radius 1 is 0.635 bits per heavy atom. The predicted octanol–water partition coefficient (Wildman–Crippen LogP) is 2.14. The van der Waals surface area contributed by atoms with Gasteiger partial charge in [-0.15, -0.1) is 70.5 Å². The third kappa shape index (κ3) is 52.6. The average molecular weight is 1880 g/mol. The fourth-order valence-corrected chi connectivity index (χ4v) is 10.2. The Bertz CT molecular complexity index is 3620. The maximum absolute atomic E-state index is 11.2. The number of aromatic nitrogens is 6. The van der Waals surface area contributed by atoms with Crippen LogP contribution in [0.15, 0.2) is 140 Å². The van der Waals surface area contributed by atoms with E-state index < -0.39 is 23.0 Å². The molecule has 38 heteroatoms. The largest absolute Gasteiger partial charge is 1.00 e. The first kappa shape index (κ1) is 112. The molecule has 0 saturated carbocycles. The summed E-state index contributed by atoms with van der Waals surface area (Å²) in [5.41, 5.74) is 12.3. The Morgan fingerprint density at radius 2 is 1.09 bits per heavy atom. The van der Waals surface area contributed by atoms with Crippen LogP contribution in [0.2, 0.25) is 5.02 Å². The van der Waals surface area contributed by atoms with Crippen LogP contribution in [0.4, 0.5) is 5.69 Å². The molecule has 2 amide bonds. The van der Waals surface area contributed by atoms with Gasteiger partial charge in [0.2, 0.25) is 11.8 Å². The summed E-state index contributed by atoms with van der Waals surface area (Å²) in [7, 11) is 1.31. The molecule has 0 spiro atoms. The number of epoxide rings is 1. The Labute approximate surface area is 765 Å². The van der Waals surface area contributed by atoms with Gasteiger partial charge in [0, 0.05) is 96.1 Å². The second kappa shape index (κ2) is 68.3. The minimum atomic E-state index is -0.552. The van der Waals surface area contributed by atoms with Crippen molar-refractivity contribution in [2.75, 3.05) is 111 Å². The van der Waals surface area contributed by atoms with E-state index in [0.717, 1.165) is 61.7 Å². The molecule has 0 bridgehead atoms. The van der Waals surface area contributed by atoms with Crippen LogP contribution in [0.25, 0.3) is 22.3 Å². The molecule has 5 fully saturated rings. The number of aliphatic hydroxyl groups excluding tert-OH is 4. The van der Waals surface area contributed by atoms with Crippen molar-refractivity contribution in [3.8, 4) is 0 Å². The number of carbonyl (C=O) groups is 3. The van der Waals surface area contributed by atoms with E-state index in [2.05, 4.69) is 134 Å². The van der Waals surface area contributed by atoms with Crippen molar-refractivity contribution in [3.05, 3.63) is 162 Å². The summed E-state index contributed by atoms with van der Waals surface area (Å²) in [5, 5.41) is 47.4. The van der Waals surface area contributed by atoms with Gasteiger partial charge in [-0.3, -0.25) is 14.4 Å². The number of nitrogens with one attached hydrogen (secondary N) is 4. The van der Waals surface area contributed by atoms with E-state index in [9.17, 15) is 19.5 Å². The van der Waals surface area contributed by atoms with Crippen LogP contribution in [-0.2, 0) is 76.8 Å². The van der Waals surface area contributed by atoms with Crippen LogP contribution in [0.5, 0.6) is 0 Å². The summed E-state index contributed by atoms with van der Waals surface area (Å²) in [6.45, 7) is 25.3. The molecule has 5 aliphatic rings. The number of ether oxygens (including phenoxy) is 9. The molecule has 115 heavy (non-hydrogen) atoms. The number of halogens is 6. The zero-order valence-electron chi connectivity index (χ0n) is 69.2. The monoisotopic (exact) mass is 1880 g/mol. The number of morpholine rings is 4. The van der Waals surface area contributed by atoms with Crippen LogP contribution in [0.3, 0.4) is 0 Å². The number of alkyl halides is 2. The Hall–Kier alpha value is -3.25. The first-order valence-electron chi connectivity index (χ1n) is 37.0. The van der Waals surface area contributed by atoms with Crippen molar-refractivity contribution in [2.24, 2.45) is 5.73 Å². The second-order valence-electron chi connectivity index (χ2n) is 25.6. The van der Waals surface area contributed by atoms with E-state index in [1.165, 1.54) is 19.1 Å². The van der Waals surface area contributed by atoms with Gasteiger partial charge < -0.3 is 97.8 Å². The molecule has 10 N–H and O–H groups in total.